The van der Waals surface area contributed by atoms with E-state index in [0.717, 1.165) is 17.9 Å². The summed E-state index contributed by atoms with van der Waals surface area (Å²) in [6, 6.07) is 9.54. The molecule has 0 bridgehead atoms. The lowest BCUT2D eigenvalue weighted by atomic mass is 10.1. The zero-order valence-electron chi connectivity index (χ0n) is 15.0. The first-order chi connectivity index (χ1) is 12.8. The summed E-state index contributed by atoms with van der Waals surface area (Å²) in [5.74, 6) is 1.33. The van der Waals surface area contributed by atoms with Crippen molar-refractivity contribution in [2.45, 2.75) is 18.4 Å². The first-order valence-corrected chi connectivity index (χ1v) is 10.3. The molecule has 2 aromatic rings. The van der Waals surface area contributed by atoms with Crippen LogP contribution in [0.4, 0.5) is 11.4 Å². The van der Waals surface area contributed by atoms with Gasteiger partial charge in [-0.15, -0.1) is 0 Å². The molecule has 0 aliphatic carbocycles. The van der Waals surface area contributed by atoms with Gasteiger partial charge in [-0.2, -0.15) is 0 Å². The highest BCUT2D eigenvalue weighted by molar-refractivity contribution is 7.90. The molecule has 0 saturated carbocycles. The molecule has 27 heavy (non-hydrogen) atoms. The average Bonchev–Trinajstić information content (AvgIpc) is 2.64. The molecule has 0 amide bonds. The molecule has 0 N–H and O–H groups in total. The third-order valence-electron chi connectivity index (χ3n) is 4.27. The number of nitrogens with zero attached hydrogens (tertiary/aromatic N) is 2. The fourth-order valence-corrected chi connectivity index (χ4v) is 3.56. The number of nitro groups is 1. The van der Waals surface area contributed by atoms with Crippen LogP contribution in [-0.4, -0.2) is 39.4 Å². The third kappa shape index (κ3) is 4.13. The van der Waals surface area contributed by atoms with Crippen molar-refractivity contribution in [2.24, 2.45) is 0 Å². The summed E-state index contributed by atoms with van der Waals surface area (Å²) in [6.07, 6.45) is 1.03. The maximum Gasteiger partial charge on any atom is 0.293 e. The lowest BCUT2D eigenvalue weighted by molar-refractivity contribution is -0.384. The van der Waals surface area contributed by atoms with Crippen LogP contribution >= 0.6 is 0 Å². The molecule has 1 heterocycles. The van der Waals surface area contributed by atoms with Crippen molar-refractivity contribution in [3.8, 4) is 11.5 Å². The minimum absolute atomic E-state index is 0.0756. The molecule has 0 saturated heterocycles. The molecule has 8 nitrogen and oxygen atoms in total. The van der Waals surface area contributed by atoms with E-state index in [0.29, 0.717) is 43.5 Å². The van der Waals surface area contributed by atoms with Crippen molar-refractivity contribution in [3.63, 3.8) is 0 Å². The molecule has 0 aromatic heterocycles. The molecule has 1 aliphatic rings. The van der Waals surface area contributed by atoms with Crippen LogP contribution in [0.1, 0.15) is 12.5 Å². The zero-order valence-corrected chi connectivity index (χ0v) is 15.9. The Hall–Kier alpha value is -2.81. The Morgan fingerprint density at radius 3 is 2.44 bits per heavy atom. The van der Waals surface area contributed by atoms with Gasteiger partial charge in [0.1, 0.15) is 18.9 Å². The lowest BCUT2D eigenvalue weighted by Crippen LogP contribution is -2.23. The Morgan fingerprint density at radius 2 is 1.81 bits per heavy atom. The highest BCUT2D eigenvalue weighted by atomic mass is 32.2. The second-order valence-corrected chi connectivity index (χ2v) is 8.19. The number of benzene rings is 2. The van der Waals surface area contributed by atoms with Crippen molar-refractivity contribution >= 4 is 21.2 Å². The standard InChI is InChI=1S/C18H20N2O6S/c1-3-19(12-13-4-7-17-18(10-13)26-9-8-25-17)15-6-5-14(27(2,23)24)11-16(15)20(21)22/h4-7,10-11H,3,8-9,12H2,1-2H3. The number of rotatable bonds is 6. The van der Waals surface area contributed by atoms with Crippen LogP contribution < -0.4 is 14.4 Å². The Bertz CT molecular complexity index is 974. The van der Waals surface area contributed by atoms with E-state index in [9.17, 15) is 18.5 Å². The summed E-state index contributed by atoms with van der Waals surface area (Å²) >= 11 is 0. The molecule has 3 rings (SSSR count). The Labute approximate surface area is 157 Å². The number of nitro benzene ring substituents is 1. The van der Waals surface area contributed by atoms with Crippen LogP contribution in [0.5, 0.6) is 11.5 Å². The van der Waals surface area contributed by atoms with Gasteiger partial charge in [-0.3, -0.25) is 10.1 Å². The van der Waals surface area contributed by atoms with Gasteiger partial charge in [-0.05, 0) is 36.8 Å². The zero-order chi connectivity index (χ0) is 19.6. The van der Waals surface area contributed by atoms with Crippen molar-refractivity contribution in [3.05, 3.63) is 52.1 Å². The number of anilines is 1. The number of fused-ring (bicyclic) bond motifs is 1. The summed E-state index contributed by atoms with van der Waals surface area (Å²) < 4.78 is 34.5. The van der Waals surface area contributed by atoms with Crippen molar-refractivity contribution < 1.29 is 22.8 Å². The van der Waals surface area contributed by atoms with E-state index in [4.69, 9.17) is 9.47 Å². The monoisotopic (exact) mass is 392 g/mol. The largest absolute Gasteiger partial charge is 0.486 e. The SMILES string of the molecule is CCN(Cc1ccc2c(c1)OCCO2)c1ccc(S(C)(=O)=O)cc1[N+](=O)[O-]. The van der Waals surface area contributed by atoms with Gasteiger partial charge in [0.15, 0.2) is 21.3 Å². The molecule has 0 fully saturated rings. The van der Waals surface area contributed by atoms with Crippen molar-refractivity contribution in [2.75, 3.05) is 30.9 Å². The van der Waals surface area contributed by atoms with Gasteiger partial charge in [0.25, 0.3) is 5.69 Å². The minimum atomic E-state index is -3.53. The van der Waals surface area contributed by atoms with E-state index in [1.54, 1.807) is 0 Å². The predicted molar refractivity (Wildman–Crippen MR) is 100 cm³/mol. The smallest absolute Gasteiger partial charge is 0.293 e. The lowest BCUT2D eigenvalue weighted by Gasteiger charge is -2.24. The van der Waals surface area contributed by atoms with Gasteiger partial charge >= 0.3 is 0 Å². The summed E-state index contributed by atoms with van der Waals surface area (Å²) in [6.45, 7) is 3.78. The van der Waals surface area contributed by atoms with Gasteiger partial charge in [0.05, 0.1) is 9.82 Å². The van der Waals surface area contributed by atoms with E-state index < -0.39 is 14.8 Å². The quantitative estimate of drug-likeness (QED) is 0.550. The van der Waals surface area contributed by atoms with E-state index in [2.05, 4.69) is 0 Å². The molecule has 144 valence electrons. The highest BCUT2D eigenvalue weighted by Crippen LogP contribution is 2.34. The Morgan fingerprint density at radius 1 is 1.11 bits per heavy atom. The normalized spacial score (nSPS) is 13.3. The summed E-state index contributed by atoms with van der Waals surface area (Å²) in [5.41, 5.74) is 1.03. The summed E-state index contributed by atoms with van der Waals surface area (Å²) in [5, 5.41) is 11.5. The molecule has 0 spiro atoms. The van der Waals surface area contributed by atoms with E-state index in [-0.39, 0.29) is 10.6 Å². The fraction of sp³-hybridized carbons (Fsp3) is 0.333. The molecular formula is C18H20N2O6S. The number of sulfone groups is 1. The maximum absolute atomic E-state index is 11.7. The first-order valence-electron chi connectivity index (χ1n) is 8.41. The fourth-order valence-electron chi connectivity index (χ4n) is 2.92. The number of hydrogen-bond donors (Lipinski definition) is 0. The molecule has 1 aliphatic heterocycles. The topological polar surface area (TPSA) is 99.0 Å². The summed E-state index contributed by atoms with van der Waals surface area (Å²) in [7, 11) is -3.53. The van der Waals surface area contributed by atoms with Crippen LogP contribution in [0.2, 0.25) is 0 Å². The van der Waals surface area contributed by atoms with E-state index in [1.807, 2.05) is 30.0 Å². The third-order valence-corrected chi connectivity index (χ3v) is 5.38. The predicted octanol–water partition coefficient (Wildman–Crippen LogP) is 2.80. The summed E-state index contributed by atoms with van der Waals surface area (Å²) in [4.78, 5) is 12.7. The van der Waals surface area contributed by atoms with Gasteiger partial charge < -0.3 is 14.4 Å². The van der Waals surface area contributed by atoms with Crippen LogP contribution in [0.25, 0.3) is 0 Å². The number of ether oxygens (including phenoxy) is 2. The van der Waals surface area contributed by atoms with Crippen molar-refractivity contribution in [1.29, 1.82) is 0 Å². The van der Waals surface area contributed by atoms with E-state index >= 15 is 0 Å². The Kier molecular flexibility index (Phi) is 5.22. The van der Waals surface area contributed by atoms with Crippen LogP contribution in [0, 0.1) is 10.1 Å². The van der Waals surface area contributed by atoms with Gasteiger partial charge in [0, 0.05) is 25.4 Å². The van der Waals surface area contributed by atoms with Gasteiger partial charge in [-0.1, -0.05) is 6.07 Å². The first kappa shape index (κ1) is 19.0. The van der Waals surface area contributed by atoms with E-state index in [1.165, 1.54) is 12.1 Å². The molecule has 0 radical (unpaired) electrons. The number of hydrogen-bond acceptors (Lipinski definition) is 7. The van der Waals surface area contributed by atoms with Gasteiger partial charge in [-0.25, -0.2) is 8.42 Å². The van der Waals surface area contributed by atoms with Crippen molar-refractivity contribution in [1.82, 2.24) is 0 Å². The minimum Gasteiger partial charge on any atom is -0.486 e. The van der Waals surface area contributed by atoms with Gasteiger partial charge in [0.2, 0.25) is 0 Å². The van der Waals surface area contributed by atoms with Crippen LogP contribution in [0.15, 0.2) is 41.3 Å². The second-order valence-electron chi connectivity index (χ2n) is 6.17. The van der Waals surface area contributed by atoms with Crippen LogP contribution in [0.3, 0.4) is 0 Å². The molecule has 2 aromatic carbocycles. The molecule has 9 heteroatoms. The Balaban J connectivity index is 1.94. The molecule has 0 atom stereocenters. The second kappa shape index (κ2) is 7.43. The highest BCUT2D eigenvalue weighted by Gasteiger charge is 2.23. The molecule has 0 unspecified atom stereocenters. The van der Waals surface area contributed by atoms with Crippen LogP contribution in [-0.2, 0) is 16.4 Å². The average molecular weight is 392 g/mol. The maximum atomic E-state index is 11.7. The molecular weight excluding hydrogens is 372 g/mol.